The number of nitrogens with zero attached hydrogens (tertiary/aromatic N) is 3. The summed E-state index contributed by atoms with van der Waals surface area (Å²) in [4.78, 5) is 12.0. The highest BCUT2D eigenvalue weighted by molar-refractivity contribution is 9.10. The van der Waals surface area contributed by atoms with E-state index in [1.165, 1.54) is 4.68 Å². The molecule has 0 aliphatic heterocycles. The summed E-state index contributed by atoms with van der Waals surface area (Å²) in [5, 5.41) is 10.7. The van der Waals surface area contributed by atoms with E-state index >= 15 is 0 Å². The van der Waals surface area contributed by atoms with Crippen molar-refractivity contribution in [3.63, 3.8) is 0 Å². The van der Waals surface area contributed by atoms with Crippen LogP contribution in [0.15, 0.2) is 28.9 Å². The van der Waals surface area contributed by atoms with Crippen molar-refractivity contribution in [2.24, 2.45) is 5.73 Å². The van der Waals surface area contributed by atoms with Crippen molar-refractivity contribution in [3.05, 3.63) is 40.1 Å². The minimum Gasteiger partial charge on any atom is -0.323 e. The number of carbonyl (C=O) groups excluding carboxylic acids is 1. The number of hydrogen-bond acceptors (Lipinski definition) is 4. The van der Waals surface area contributed by atoms with Crippen molar-refractivity contribution in [1.82, 2.24) is 15.0 Å². The van der Waals surface area contributed by atoms with Crippen molar-refractivity contribution >= 4 is 27.5 Å². The Balaban J connectivity index is 2.00. The van der Waals surface area contributed by atoms with Crippen LogP contribution in [0.2, 0.25) is 0 Å². The number of halogens is 1. The van der Waals surface area contributed by atoms with Crippen LogP contribution < -0.4 is 11.1 Å². The predicted octanol–water partition coefficient (Wildman–Crippen LogP) is 2.40. The van der Waals surface area contributed by atoms with E-state index in [0.29, 0.717) is 5.69 Å². The number of hydrogen-bond donors (Lipinski definition) is 2. The molecule has 0 fully saturated rings. The number of anilines is 1. The summed E-state index contributed by atoms with van der Waals surface area (Å²) in [6.45, 7) is 4.07. The van der Waals surface area contributed by atoms with E-state index in [2.05, 4.69) is 31.6 Å². The molecule has 0 saturated carbocycles. The highest BCUT2D eigenvalue weighted by atomic mass is 79.9. The zero-order valence-electron chi connectivity index (χ0n) is 12.0. The summed E-state index contributed by atoms with van der Waals surface area (Å²) >= 11 is 3.43. The van der Waals surface area contributed by atoms with E-state index in [1.54, 1.807) is 6.20 Å². The van der Waals surface area contributed by atoms with Crippen molar-refractivity contribution < 1.29 is 4.79 Å². The Hall–Kier alpha value is -1.73. The molecular weight excluding hydrogens is 334 g/mol. The Morgan fingerprint density at radius 1 is 1.52 bits per heavy atom. The van der Waals surface area contributed by atoms with E-state index in [-0.39, 0.29) is 18.5 Å². The van der Waals surface area contributed by atoms with Gasteiger partial charge in [0.05, 0.1) is 23.6 Å². The largest absolute Gasteiger partial charge is 0.323 e. The summed E-state index contributed by atoms with van der Waals surface area (Å²) in [6.07, 6.45) is 2.49. The highest BCUT2D eigenvalue weighted by Gasteiger charge is 2.11. The maximum absolute atomic E-state index is 12.0. The second kappa shape index (κ2) is 6.82. The monoisotopic (exact) mass is 351 g/mol. The number of aromatic nitrogens is 3. The van der Waals surface area contributed by atoms with Crippen molar-refractivity contribution in [2.75, 3.05) is 5.32 Å². The van der Waals surface area contributed by atoms with Gasteiger partial charge in [-0.05, 0) is 47.0 Å². The molecule has 1 atom stereocenters. The number of benzene rings is 1. The maximum atomic E-state index is 12.0. The topological polar surface area (TPSA) is 85.8 Å². The van der Waals surface area contributed by atoms with Gasteiger partial charge in [0.25, 0.3) is 0 Å². The molecule has 1 aromatic carbocycles. The molecule has 3 N–H and O–H groups in total. The Morgan fingerprint density at radius 3 is 2.95 bits per heavy atom. The summed E-state index contributed by atoms with van der Waals surface area (Å²) < 4.78 is 2.34. The lowest BCUT2D eigenvalue weighted by atomic mass is 10.2. The molecule has 1 heterocycles. The van der Waals surface area contributed by atoms with E-state index in [9.17, 15) is 4.79 Å². The van der Waals surface area contributed by atoms with Crippen LogP contribution in [0.4, 0.5) is 5.69 Å². The maximum Gasteiger partial charge on any atom is 0.246 e. The second-order valence-corrected chi connectivity index (χ2v) is 5.74. The molecule has 21 heavy (non-hydrogen) atoms. The first-order valence-electron chi connectivity index (χ1n) is 6.71. The summed E-state index contributed by atoms with van der Waals surface area (Å²) in [5.74, 6) is -0.166. The van der Waals surface area contributed by atoms with Crippen LogP contribution in [0.5, 0.6) is 0 Å². The number of amides is 1. The minimum atomic E-state index is -0.166. The van der Waals surface area contributed by atoms with Gasteiger partial charge >= 0.3 is 0 Å². The summed E-state index contributed by atoms with van der Waals surface area (Å²) in [5.41, 5.74) is 8.42. The first-order chi connectivity index (χ1) is 9.99. The fourth-order valence-corrected chi connectivity index (χ4v) is 2.42. The van der Waals surface area contributed by atoms with E-state index in [4.69, 9.17) is 5.73 Å². The van der Waals surface area contributed by atoms with E-state index in [1.807, 2.05) is 32.0 Å². The van der Waals surface area contributed by atoms with Gasteiger partial charge in [-0.3, -0.25) is 4.79 Å². The van der Waals surface area contributed by atoms with Gasteiger partial charge in [-0.1, -0.05) is 18.2 Å². The molecule has 0 bridgehead atoms. The van der Waals surface area contributed by atoms with Crippen molar-refractivity contribution in [1.29, 1.82) is 0 Å². The molecule has 1 aromatic heterocycles. The summed E-state index contributed by atoms with van der Waals surface area (Å²) in [6, 6.07) is 5.60. The van der Waals surface area contributed by atoms with E-state index in [0.717, 1.165) is 22.1 Å². The van der Waals surface area contributed by atoms with Gasteiger partial charge in [0.1, 0.15) is 6.54 Å². The first-order valence-corrected chi connectivity index (χ1v) is 7.50. The van der Waals surface area contributed by atoms with Gasteiger partial charge < -0.3 is 11.1 Å². The Labute approximate surface area is 131 Å². The zero-order chi connectivity index (χ0) is 15.4. The molecule has 7 heteroatoms. The van der Waals surface area contributed by atoms with Crippen LogP contribution in [-0.2, 0) is 11.3 Å². The molecule has 1 amide bonds. The lowest BCUT2D eigenvalue weighted by Gasteiger charge is -2.08. The van der Waals surface area contributed by atoms with Crippen LogP contribution in [0.3, 0.4) is 0 Å². The third kappa shape index (κ3) is 4.12. The molecule has 0 aliphatic rings. The lowest BCUT2D eigenvalue weighted by molar-refractivity contribution is -0.116. The molecule has 2 rings (SSSR count). The molecule has 0 aliphatic carbocycles. The Kier molecular flexibility index (Phi) is 5.08. The van der Waals surface area contributed by atoms with Gasteiger partial charge in [0.2, 0.25) is 5.91 Å². The number of aryl methyl sites for hydroxylation is 1. The van der Waals surface area contributed by atoms with Gasteiger partial charge in [-0.25, -0.2) is 4.68 Å². The summed E-state index contributed by atoms with van der Waals surface area (Å²) in [7, 11) is 0. The number of nitrogens with one attached hydrogen (secondary N) is 1. The van der Waals surface area contributed by atoms with E-state index < -0.39 is 0 Å². The predicted molar refractivity (Wildman–Crippen MR) is 84.8 cm³/mol. The molecular formula is C14H18BrN5O. The van der Waals surface area contributed by atoms with Crippen LogP contribution in [-0.4, -0.2) is 20.9 Å². The highest BCUT2D eigenvalue weighted by Crippen LogP contribution is 2.23. The van der Waals surface area contributed by atoms with Crippen LogP contribution in [0, 0.1) is 6.92 Å². The first kappa shape index (κ1) is 15.7. The second-order valence-electron chi connectivity index (χ2n) is 4.89. The standard InChI is InChI=1S/C14H18BrN5O/c1-3-11(16)13-7-20(19-18-13)8-14(21)17-12-5-4-9(2)6-10(12)15/h4-7,11H,3,8,16H2,1-2H3,(H,17,21). The molecule has 112 valence electrons. The third-order valence-electron chi connectivity index (χ3n) is 3.08. The minimum absolute atomic E-state index is 0.101. The fraction of sp³-hybridized carbons (Fsp3) is 0.357. The smallest absolute Gasteiger partial charge is 0.246 e. The molecule has 0 saturated heterocycles. The molecule has 6 nitrogen and oxygen atoms in total. The van der Waals surface area contributed by atoms with Gasteiger partial charge in [-0.2, -0.15) is 0 Å². The van der Waals surface area contributed by atoms with Crippen LogP contribution in [0.1, 0.15) is 30.6 Å². The SMILES string of the molecule is CCC(N)c1cn(CC(=O)Nc2ccc(C)cc2Br)nn1. The Morgan fingerprint density at radius 2 is 2.29 bits per heavy atom. The van der Waals surface area contributed by atoms with Crippen LogP contribution >= 0.6 is 15.9 Å². The molecule has 0 radical (unpaired) electrons. The number of rotatable bonds is 5. The van der Waals surface area contributed by atoms with Gasteiger partial charge in [0.15, 0.2) is 0 Å². The van der Waals surface area contributed by atoms with Crippen molar-refractivity contribution in [3.8, 4) is 0 Å². The quantitative estimate of drug-likeness (QED) is 0.865. The third-order valence-corrected chi connectivity index (χ3v) is 3.74. The average molecular weight is 352 g/mol. The number of nitrogens with two attached hydrogens (primary N) is 1. The van der Waals surface area contributed by atoms with Crippen molar-refractivity contribution in [2.45, 2.75) is 32.9 Å². The van der Waals surface area contributed by atoms with Crippen LogP contribution in [0.25, 0.3) is 0 Å². The van der Waals surface area contributed by atoms with Gasteiger partial charge in [-0.15, -0.1) is 5.10 Å². The normalized spacial score (nSPS) is 12.2. The zero-order valence-corrected chi connectivity index (χ0v) is 13.6. The van der Waals surface area contributed by atoms with Gasteiger partial charge in [0, 0.05) is 4.47 Å². The molecule has 2 aromatic rings. The molecule has 1 unspecified atom stereocenters. The Bertz CT molecular complexity index is 640. The fourth-order valence-electron chi connectivity index (χ4n) is 1.83. The average Bonchev–Trinajstić information content (AvgIpc) is 2.89. The molecule has 0 spiro atoms. The lowest BCUT2D eigenvalue weighted by Crippen LogP contribution is -2.19. The number of carbonyl (C=O) groups is 1.